The maximum atomic E-state index is 10.1. The van der Waals surface area contributed by atoms with Crippen LogP contribution in [0.5, 0.6) is 0 Å². The third-order valence-corrected chi connectivity index (χ3v) is 0.720. The Hall–Kier alpha value is -0.560. The molecule has 0 bridgehead atoms. The van der Waals surface area contributed by atoms with Gasteiger partial charge in [-0.25, -0.2) is 5.11 Å². The van der Waals surface area contributed by atoms with Crippen molar-refractivity contribution in [3.63, 3.8) is 0 Å². The lowest BCUT2D eigenvalue weighted by atomic mass is 10.2. The zero-order valence-electron chi connectivity index (χ0n) is 5.40. The molecule has 0 unspecified atom stereocenters. The molecule has 0 saturated heterocycles. The Balaban J connectivity index is 3.75. The molecular formula is C7H11O. The predicted octanol–water partition coefficient (Wildman–Crippen LogP) is 1.94. The van der Waals surface area contributed by atoms with Crippen molar-refractivity contribution in [3.8, 4) is 0 Å². The van der Waals surface area contributed by atoms with Crippen molar-refractivity contribution in [1.82, 2.24) is 0 Å². The number of hydrogen-bond acceptors (Lipinski definition) is 0. The van der Waals surface area contributed by atoms with Crippen LogP contribution in [0.25, 0.3) is 0 Å². The van der Waals surface area contributed by atoms with Gasteiger partial charge in [0.1, 0.15) is 6.61 Å². The van der Waals surface area contributed by atoms with E-state index in [2.05, 4.69) is 6.58 Å². The lowest BCUT2D eigenvalue weighted by Crippen LogP contribution is -1.80. The quantitative estimate of drug-likeness (QED) is 0.485. The number of rotatable bonds is 2. The molecule has 0 rings (SSSR count). The molecule has 45 valence electrons. The molecule has 0 heterocycles. The monoisotopic (exact) mass is 111 g/mol. The van der Waals surface area contributed by atoms with E-state index in [1.807, 2.05) is 13.8 Å². The van der Waals surface area contributed by atoms with Gasteiger partial charge < -0.3 is 0 Å². The van der Waals surface area contributed by atoms with Gasteiger partial charge in [-0.3, -0.25) is 0 Å². The summed E-state index contributed by atoms with van der Waals surface area (Å²) in [6, 6.07) is 0. The molecular weight excluding hydrogens is 100 g/mol. The summed E-state index contributed by atoms with van der Waals surface area (Å²) < 4.78 is 0. The third kappa shape index (κ3) is 3.62. The molecule has 0 amide bonds. The first-order valence-electron chi connectivity index (χ1n) is 2.57. The van der Waals surface area contributed by atoms with Gasteiger partial charge in [-0.2, -0.15) is 0 Å². The largest absolute Gasteiger partial charge is 0.232 e. The highest BCUT2D eigenvalue weighted by molar-refractivity contribution is 5.16. The fourth-order valence-corrected chi connectivity index (χ4v) is 0.462. The Bertz CT molecular complexity index is 112. The molecule has 1 nitrogen and oxygen atoms in total. The van der Waals surface area contributed by atoms with E-state index in [1.165, 1.54) is 0 Å². The Morgan fingerprint density at radius 2 is 2.12 bits per heavy atom. The number of hydrogen-bond donors (Lipinski definition) is 0. The molecule has 0 atom stereocenters. The van der Waals surface area contributed by atoms with Crippen molar-refractivity contribution in [1.29, 1.82) is 0 Å². The number of allylic oxidation sites excluding steroid dienone is 2. The summed E-state index contributed by atoms with van der Waals surface area (Å²) in [5, 5.41) is 10.1. The van der Waals surface area contributed by atoms with Crippen molar-refractivity contribution in [2.45, 2.75) is 13.8 Å². The van der Waals surface area contributed by atoms with Gasteiger partial charge in [0.05, 0.1) is 0 Å². The maximum absolute atomic E-state index is 10.1. The van der Waals surface area contributed by atoms with Gasteiger partial charge in [0.25, 0.3) is 0 Å². The van der Waals surface area contributed by atoms with Crippen LogP contribution in [0.1, 0.15) is 13.8 Å². The SMILES string of the molecule is C=C(C)C=C(C)C[O]. The molecule has 0 fully saturated rings. The van der Waals surface area contributed by atoms with Crippen LogP contribution in [-0.4, -0.2) is 6.61 Å². The fraction of sp³-hybridized carbons (Fsp3) is 0.429. The molecule has 0 aliphatic heterocycles. The lowest BCUT2D eigenvalue weighted by Gasteiger charge is -1.89. The molecule has 0 saturated carbocycles. The Labute approximate surface area is 50.3 Å². The van der Waals surface area contributed by atoms with E-state index in [0.29, 0.717) is 0 Å². The van der Waals surface area contributed by atoms with Crippen LogP contribution in [-0.2, 0) is 5.11 Å². The second-order valence-electron chi connectivity index (χ2n) is 1.98. The maximum Gasteiger partial charge on any atom is 0.103 e. The highest BCUT2D eigenvalue weighted by Gasteiger charge is 1.83. The predicted molar refractivity (Wildman–Crippen MR) is 34.1 cm³/mol. The summed E-state index contributed by atoms with van der Waals surface area (Å²) in [6.45, 7) is 7.19. The smallest absolute Gasteiger partial charge is 0.103 e. The normalized spacial score (nSPS) is 11.6. The minimum absolute atomic E-state index is 0.118. The van der Waals surface area contributed by atoms with Gasteiger partial charge in [0, 0.05) is 0 Å². The van der Waals surface area contributed by atoms with E-state index in [-0.39, 0.29) is 6.61 Å². The molecule has 0 aromatic rings. The zero-order valence-corrected chi connectivity index (χ0v) is 5.40. The summed E-state index contributed by atoms with van der Waals surface area (Å²) in [5.41, 5.74) is 1.79. The first kappa shape index (κ1) is 7.44. The summed E-state index contributed by atoms with van der Waals surface area (Å²) in [4.78, 5) is 0. The summed E-state index contributed by atoms with van der Waals surface area (Å²) in [7, 11) is 0. The Kier molecular flexibility index (Phi) is 3.20. The van der Waals surface area contributed by atoms with Crippen molar-refractivity contribution < 1.29 is 5.11 Å². The van der Waals surface area contributed by atoms with E-state index in [9.17, 15) is 5.11 Å². The highest BCUT2D eigenvalue weighted by Crippen LogP contribution is 1.96. The van der Waals surface area contributed by atoms with Gasteiger partial charge in [-0.1, -0.05) is 18.2 Å². The lowest BCUT2D eigenvalue weighted by molar-refractivity contribution is 0.223. The average Bonchev–Trinajstić information content (AvgIpc) is 1.65. The molecule has 0 aromatic heterocycles. The van der Waals surface area contributed by atoms with Crippen LogP contribution in [0.4, 0.5) is 0 Å². The molecule has 0 aromatic carbocycles. The van der Waals surface area contributed by atoms with E-state index in [0.717, 1.165) is 11.1 Å². The van der Waals surface area contributed by atoms with Gasteiger partial charge in [-0.05, 0) is 19.4 Å². The second-order valence-corrected chi connectivity index (χ2v) is 1.98. The minimum Gasteiger partial charge on any atom is -0.232 e. The molecule has 1 heteroatoms. The highest BCUT2D eigenvalue weighted by atomic mass is 16.3. The van der Waals surface area contributed by atoms with E-state index >= 15 is 0 Å². The van der Waals surface area contributed by atoms with Crippen LogP contribution in [0.2, 0.25) is 0 Å². The molecule has 1 radical (unpaired) electrons. The molecule has 0 N–H and O–H groups in total. The molecule has 8 heavy (non-hydrogen) atoms. The Morgan fingerprint density at radius 3 is 2.25 bits per heavy atom. The summed E-state index contributed by atoms with van der Waals surface area (Å²) >= 11 is 0. The van der Waals surface area contributed by atoms with Crippen molar-refractivity contribution in [3.05, 3.63) is 23.8 Å². The first-order valence-corrected chi connectivity index (χ1v) is 2.57. The van der Waals surface area contributed by atoms with E-state index < -0.39 is 0 Å². The summed E-state index contributed by atoms with van der Waals surface area (Å²) in [6.07, 6.45) is 1.80. The molecule has 0 spiro atoms. The summed E-state index contributed by atoms with van der Waals surface area (Å²) in [5.74, 6) is 0. The van der Waals surface area contributed by atoms with Crippen LogP contribution in [0.3, 0.4) is 0 Å². The topological polar surface area (TPSA) is 19.9 Å². The standard InChI is InChI=1S/C7H11O/c1-6(2)4-7(3)5-8/h4H,1,5H2,2-3H3. The third-order valence-electron chi connectivity index (χ3n) is 0.720. The van der Waals surface area contributed by atoms with Gasteiger partial charge >= 0.3 is 0 Å². The molecule has 0 aliphatic rings. The van der Waals surface area contributed by atoms with Gasteiger partial charge in [0.15, 0.2) is 0 Å². The average molecular weight is 111 g/mol. The first-order chi connectivity index (χ1) is 3.66. The zero-order chi connectivity index (χ0) is 6.57. The van der Waals surface area contributed by atoms with Crippen molar-refractivity contribution >= 4 is 0 Å². The van der Waals surface area contributed by atoms with Crippen LogP contribution in [0, 0.1) is 0 Å². The van der Waals surface area contributed by atoms with Gasteiger partial charge in [-0.15, -0.1) is 0 Å². The Morgan fingerprint density at radius 1 is 1.62 bits per heavy atom. The van der Waals surface area contributed by atoms with Crippen molar-refractivity contribution in [2.75, 3.05) is 6.61 Å². The molecule has 0 aliphatic carbocycles. The minimum atomic E-state index is -0.118. The van der Waals surface area contributed by atoms with Crippen LogP contribution in [0.15, 0.2) is 23.8 Å². The van der Waals surface area contributed by atoms with E-state index in [1.54, 1.807) is 6.08 Å². The van der Waals surface area contributed by atoms with Gasteiger partial charge in [0.2, 0.25) is 0 Å². The second kappa shape index (κ2) is 3.44. The van der Waals surface area contributed by atoms with Crippen LogP contribution >= 0.6 is 0 Å². The van der Waals surface area contributed by atoms with Crippen molar-refractivity contribution in [2.24, 2.45) is 0 Å². The van der Waals surface area contributed by atoms with Crippen LogP contribution < -0.4 is 0 Å². The fourth-order valence-electron chi connectivity index (χ4n) is 0.462. The van der Waals surface area contributed by atoms with E-state index in [4.69, 9.17) is 0 Å².